The van der Waals surface area contributed by atoms with E-state index in [0.717, 1.165) is 18.4 Å². The van der Waals surface area contributed by atoms with Crippen molar-refractivity contribution in [1.82, 2.24) is 30.8 Å². The van der Waals surface area contributed by atoms with Crippen molar-refractivity contribution in [3.05, 3.63) is 69.3 Å². The first-order valence-corrected chi connectivity index (χ1v) is 16.6. The number of rotatable bonds is 6. The summed E-state index contributed by atoms with van der Waals surface area (Å²) in [7, 11) is 1.59. The average molecular weight is 651 g/mol. The number of amides is 4. The van der Waals surface area contributed by atoms with Crippen molar-refractivity contribution in [2.24, 2.45) is 11.3 Å². The van der Waals surface area contributed by atoms with Crippen molar-refractivity contribution in [3.8, 4) is 0 Å². The number of thiazole rings is 1. The molecule has 1 aliphatic heterocycles. The molecule has 4 bridgehead atoms. The second-order valence-electron chi connectivity index (χ2n) is 12.4. The second kappa shape index (κ2) is 14.5. The van der Waals surface area contributed by atoms with E-state index >= 15 is 0 Å². The Morgan fingerprint density at radius 3 is 2.57 bits per heavy atom. The summed E-state index contributed by atoms with van der Waals surface area (Å²) in [6, 6.07) is 8.57. The maximum absolute atomic E-state index is 13.6. The summed E-state index contributed by atoms with van der Waals surface area (Å²) < 4.78 is 11.4. The van der Waals surface area contributed by atoms with E-state index in [1.54, 1.807) is 24.3 Å². The minimum absolute atomic E-state index is 0.0256. The maximum atomic E-state index is 13.6. The summed E-state index contributed by atoms with van der Waals surface area (Å²) in [6.07, 6.45) is 2.47. The molecule has 13 heteroatoms. The molecule has 3 heterocycles. The van der Waals surface area contributed by atoms with Crippen molar-refractivity contribution in [1.29, 1.82) is 0 Å². The van der Waals surface area contributed by atoms with Gasteiger partial charge in [-0.25, -0.2) is 9.97 Å². The molecule has 1 saturated carbocycles. The lowest BCUT2D eigenvalue weighted by molar-refractivity contribution is -0.139. The van der Waals surface area contributed by atoms with Crippen LogP contribution < -0.4 is 16.0 Å². The lowest BCUT2D eigenvalue weighted by Gasteiger charge is -2.27. The molecule has 2 atom stereocenters. The number of ether oxygens (including phenoxy) is 1. The molecule has 4 amide bonds. The van der Waals surface area contributed by atoms with Gasteiger partial charge in [0.05, 0.1) is 18.1 Å². The molecule has 0 radical (unpaired) electrons. The highest BCUT2D eigenvalue weighted by Crippen LogP contribution is 2.47. The van der Waals surface area contributed by atoms with Crippen LogP contribution in [0.3, 0.4) is 0 Å². The Morgan fingerprint density at radius 1 is 1.11 bits per heavy atom. The molecule has 0 saturated heterocycles. The number of oxazole rings is 1. The lowest BCUT2D eigenvalue weighted by atomic mass is 10.0. The van der Waals surface area contributed by atoms with Crippen molar-refractivity contribution in [2.45, 2.75) is 65.0 Å². The number of benzene rings is 1. The molecule has 0 unspecified atom stereocenters. The van der Waals surface area contributed by atoms with Gasteiger partial charge in [-0.1, -0.05) is 44.2 Å². The number of nitrogens with zero attached hydrogens (tertiary/aromatic N) is 3. The number of hydrogen-bond acceptors (Lipinski definition) is 9. The third-order valence-corrected chi connectivity index (χ3v) is 9.36. The van der Waals surface area contributed by atoms with Gasteiger partial charge in [-0.3, -0.25) is 19.2 Å². The van der Waals surface area contributed by atoms with Gasteiger partial charge < -0.3 is 30.0 Å². The molecule has 3 N–H and O–H groups in total. The molecule has 0 spiro atoms. The number of aryl methyl sites for hydroxylation is 1. The minimum Gasteiger partial charge on any atom is -0.443 e. The van der Waals surface area contributed by atoms with Gasteiger partial charge in [-0.2, -0.15) is 0 Å². The fraction of sp³-hybridized carbons (Fsp3) is 0.515. The molecule has 246 valence electrons. The van der Waals surface area contributed by atoms with Crippen LogP contribution in [0.5, 0.6) is 0 Å². The highest BCUT2D eigenvalue weighted by atomic mass is 32.1. The van der Waals surface area contributed by atoms with E-state index in [9.17, 15) is 19.2 Å². The molecule has 46 heavy (non-hydrogen) atoms. The molecule has 2 aliphatic rings. The van der Waals surface area contributed by atoms with E-state index in [-0.39, 0.29) is 60.4 Å². The standard InChI is InChI=1S/C33H42N6O6S/c1-20(2)26-31-36-24(18-46-31)28(41)34-14-16-39(32(43)33(12-13-33)19-44-4)15-8-11-25(40)35-23(17-22-9-6-5-7-10-22)30-38-27(21(3)45-30)29(42)37-26/h5-7,9-10,18,20,23,26H,8,11-17,19H2,1-4H3,(H,34,41)(H,35,40)(H,37,42)/t23-,26-/m0/s1. The van der Waals surface area contributed by atoms with Gasteiger partial charge in [0.15, 0.2) is 5.69 Å². The summed E-state index contributed by atoms with van der Waals surface area (Å²) in [5, 5.41) is 11.2. The van der Waals surface area contributed by atoms with Gasteiger partial charge in [0, 0.05) is 45.0 Å². The largest absolute Gasteiger partial charge is 0.443 e. The Balaban J connectivity index is 1.44. The van der Waals surface area contributed by atoms with Crippen LogP contribution in [-0.2, 0) is 20.7 Å². The van der Waals surface area contributed by atoms with E-state index in [1.807, 2.05) is 44.2 Å². The molecule has 1 aliphatic carbocycles. The van der Waals surface area contributed by atoms with Gasteiger partial charge in [0.2, 0.25) is 17.7 Å². The topological polar surface area (TPSA) is 156 Å². The molecule has 1 aromatic carbocycles. The van der Waals surface area contributed by atoms with Gasteiger partial charge >= 0.3 is 0 Å². The molecule has 12 nitrogen and oxygen atoms in total. The summed E-state index contributed by atoms with van der Waals surface area (Å²) in [5.74, 6) is -0.531. The Hall–Kier alpha value is -4.10. The SMILES string of the molecule is COCC1(C(=O)N2CCCC(=O)N[C@@H](Cc3ccccc3)c3nc(c(C)o3)C(=O)N[C@@H](C(C)C)c3nc(cs3)C(=O)NCC2)CC1. The van der Waals surface area contributed by atoms with Crippen LogP contribution in [0.4, 0.5) is 0 Å². The Kier molecular flexibility index (Phi) is 10.5. The smallest absolute Gasteiger partial charge is 0.274 e. The molecular formula is C33H42N6O6S. The van der Waals surface area contributed by atoms with E-state index in [0.29, 0.717) is 36.8 Å². The predicted octanol–water partition coefficient (Wildman–Crippen LogP) is 3.75. The Morgan fingerprint density at radius 2 is 1.87 bits per heavy atom. The summed E-state index contributed by atoms with van der Waals surface area (Å²) in [4.78, 5) is 64.2. The number of fused-ring (bicyclic) bond motifs is 4. The number of methoxy groups -OCH3 is 1. The number of aromatic nitrogens is 2. The normalized spacial score (nSPS) is 20.9. The van der Waals surface area contributed by atoms with Crippen LogP contribution in [-0.4, -0.2) is 71.8 Å². The third-order valence-electron chi connectivity index (χ3n) is 8.43. The van der Waals surface area contributed by atoms with Crippen LogP contribution in [0.2, 0.25) is 0 Å². The average Bonchev–Trinajstić information content (AvgIpc) is 3.46. The number of hydrogen-bond donors (Lipinski definition) is 3. The predicted molar refractivity (Wildman–Crippen MR) is 171 cm³/mol. The van der Waals surface area contributed by atoms with Crippen molar-refractivity contribution >= 4 is 35.0 Å². The summed E-state index contributed by atoms with van der Waals surface area (Å²) in [6.45, 7) is 6.77. The fourth-order valence-corrected chi connectivity index (χ4v) is 6.69. The fourth-order valence-electron chi connectivity index (χ4n) is 5.67. The molecular weight excluding hydrogens is 608 g/mol. The number of nitrogens with one attached hydrogen (secondary N) is 3. The number of carbonyl (C=O) groups is 4. The molecule has 3 aromatic rings. The van der Waals surface area contributed by atoms with Crippen molar-refractivity contribution in [3.63, 3.8) is 0 Å². The van der Waals surface area contributed by atoms with Crippen molar-refractivity contribution in [2.75, 3.05) is 33.4 Å². The molecule has 5 rings (SSSR count). The molecule has 2 aromatic heterocycles. The quantitative estimate of drug-likeness (QED) is 0.364. The summed E-state index contributed by atoms with van der Waals surface area (Å²) in [5.41, 5.74) is 0.785. The Bertz CT molecular complexity index is 1550. The van der Waals surface area contributed by atoms with Gasteiger partial charge in [-0.05, 0) is 37.7 Å². The highest BCUT2D eigenvalue weighted by molar-refractivity contribution is 7.09. The lowest BCUT2D eigenvalue weighted by Crippen LogP contribution is -2.44. The highest BCUT2D eigenvalue weighted by Gasteiger charge is 2.51. The summed E-state index contributed by atoms with van der Waals surface area (Å²) >= 11 is 1.29. The van der Waals surface area contributed by atoms with E-state index in [2.05, 4.69) is 25.9 Å². The zero-order chi connectivity index (χ0) is 32.8. The minimum atomic E-state index is -0.618. The van der Waals surface area contributed by atoms with E-state index in [1.165, 1.54) is 11.3 Å². The van der Waals surface area contributed by atoms with Gasteiger partial charge in [0.25, 0.3) is 11.8 Å². The zero-order valence-electron chi connectivity index (χ0n) is 26.8. The first-order valence-electron chi connectivity index (χ1n) is 15.7. The van der Waals surface area contributed by atoms with E-state index in [4.69, 9.17) is 9.15 Å². The van der Waals surface area contributed by atoms with Crippen LogP contribution in [0, 0.1) is 18.3 Å². The zero-order valence-corrected chi connectivity index (χ0v) is 27.6. The van der Waals surface area contributed by atoms with Gasteiger partial charge in [0.1, 0.15) is 22.5 Å². The number of carbonyl (C=O) groups excluding carboxylic acids is 4. The first-order chi connectivity index (χ1) is 22.1. The van der Waals surface area contributed by atoms with Crippen LogP contribution in [0.25, 0.3) is 0 Å². The van der Waals surface area contributed by atoms with Crippen LogP contribution in [0.15, 0.2) is 40.1 Å². The Labute approximate surface area is 272 Å². The third kappa shape index (κ3) is 7.81. The van der Waals surface area contributed by atoms with Crippen molar-refractivity contribution < 1.29 is 28.3 Å². The molecule has 1 fully saturated rings. The van der Waals surface area contributed by atoms with Crippen LogP contribution in [0.1, 0.15) is 94.8 Å². The van der Waals surface area contributed by atoms with Crippen LogP contribution >= 0.6 is 11.3 Å². The van der Waals surface area contributed by atoms with Gasteiger partial charge in [-0.15, -0.1) is 11.3 Å². The maximum Gasteiger partial charge on any atom is 0.274 e. The monoisotopic (exact) mass is 650 g/mol. The second-order valence-corrected chi connectivity index (χ2v) is 13.3. The van der Waals surface area contributed by atoms with E-state index < -0.39 is 23.4 Å². The first kappa shape index (κ1) is 33.3.